The number of hydrogen-bond acceptors (Lipinski definition) is 2. The molecule has 0 saturated heterocycles. The van der Waals surface area contributed by atoms with Crippen LogP contribution in [-0.4, -0.2) is 16.1 Å². The zero-order valence-electron chi connectivity index (χ0n) is 12.4. The van der Waals surface area contributed by atoms with E-state index in [9.17, 15) is 4.79 Å². The topological polar surface area (TPSA) is 57.8 Å². The molecule has 0 radical (unpaired) electrons. The van der Waals surface area contributed by atoms with Gasteiger partial charge in [0.05, 0.1) is 5.41 Å². The van der Waals surface area contributed by atoms with E-state index in [1.807, 2.05) is 36.4 Å². The Morgan fingerprint density at radius 2 is 2.10 bits per heavy atom. The summed E-state index contributed by atoms with van der Waals surface area (Å²) < 4.78 is 0. The maximum Gasteiger partial charge on any atom is 0.236 e. The zero-order valence-corrected chi connectivity index (χ0v) is 12.4. The maximum atomic E-state index is 12.7. The highest BCUT2D eigenvalue weighted by Crippen LogP contribution is 2.44. The van der Waals surface area contributed by atoms with E-state index in [1.165, 1.54) is 0 Å². The number of amides is 1. The first-order chi connectivity index (χ1) is 10.2. The number of nitrogens with one attached hydrogen (secondary N) is 2. The molecule has 1 amide bonds. The molecule has 3 rings (SSSR count). The molecule has 0 unspecified atom stereocenters. The van der Waals surface area contributed by atoms with Crippen molar-refractivity contribution >= 4 is 11.7 Å². The third-order valence-corrected chi connectivity index (χ3v) is 4.36. The molecule has 110 valence electrons. The van der Waals surface area contributed by atoms with Crippen LogP contribution in [0, 0.1) is 0 Å². The molecular weight excluding hydrogens is 262 g/mol. The number of aromatic nitrogens is 2. The Balaban J connectivity index is 1.77. The number of aromatic amines is 1. The minimum atomic E-state index is -0.370. The van der Waals surface area contributed by atoms with Gasteiger partial charge < -0.3 is 5.32 Å². The van der Waals surface area contributed by atoms with E-state index in [0.29, 0.717) is 5.82 Å². The highest BCUT2D eigenvalue weighted by Gasteiger charge is 2.45. The smallest absolute Gasteiger partial charge is 0.236 e. The van der Waals surface area contributed by atoms with Crippen LogP contribution in [0.5, 0.6) is 0 Å². The number of carbonyl (C=O) groups is 1. The molecule has 0 spiro atoms. The number of benzene rings is 1. The molecule has 1 aliphatic carbocycles. The molecule has 1 aromatic heterocycles. The summed E-state index contributed by atoms with van der Waals surface area (Å²) >= 11 is 0. The highest BCUT2D eigenvalue weighted by atomic mass is 16.2. The Kier molecular flexibility index (Phi) is 3.78. The first-order valence-corrected chi connectivity index (χ1v) is 7.66. The van der Waals surface area contributed by atoms with E-state index in [4.69, 9.17) is 0 Å². The normalized spacial score (nSPS) is 16.2. The van der Waals surface area contributed by atoms with Crippen molar-refractivity contribution in [2.45, 2.75) is 44.4 Å². The minimum Gasteiger partial charge on any atom is -0.308 e. The van der Waals surface area contributed by atoms with E-state index in [2.05, 4.69) is 22.4 Å². The summed E-state index contributed by atoms with van der Waals surface area (Å²) in [6, 6.07) is 12.0. The molecule has 1 aliphatic rings. The molecule has 4 nitrogen and oxygen atoms in total. The quantitative estimate of drug-likeness (QED) is 0.883. The molecule has 2 aromatic rings. The number of carbonyl (C=O) groups excluding carboxylic acids is 1. The first-order valence-electron chi connectivity index (χ1n) is 7.66. The number of nitrogens with zero attached hydrogens (tertiary/aromatic N) is 1. The molecule has 2 N–H and O–H groups in total. The van der Waals surface area contributed by atoms with Crippen LogP contribution in [0.2, 0.25) is 0 Å². The number of aryl methyl sites for hydroxylation is 1. The maximum absolute atomic E-state index is 12.7. The van der Waals surface area contributed by atoms with Crippen molar-refractivity contribution in [1.29, 1.82) is 0 Å². The van der Waals surface area contributed by atoms with Gasteiger partial charge in [-0.3, -0.25) is 9.89 Å². The average molecular weight is 283 g/mol. The van der Waals surface area contributed by atoms with Crippen LogP contribution < -0.4 is 5.32 Å². The van der Waals surface area contributed by atoms with Gasteiger partial charge in [-0.1, -0.05) is 50.1 Å². The van der Waals surface area contributed by atoms with Crippen molar-refractivity contribution in [2.24, 2.45) is 0 Å². The summed E-state index contributed by atoms with van der Waals surface area (Å²) in [4.78, 5) is 12.7. The Morgan fingerprint density at radius 3 is 2.71 bits per heavy atom. The molecule has 0 bridgehead atoms. The number of H-pyrrole nitrogens is 1. The van der Waals surface area contributed by atoms with Crippen LogP contribution in [-0.2, 0) is 16.6 Å². The Bertz CT molecular complexity index is 614. The SMILES string of the molecule is CCCc1cc(NC(=O)C2(c3ccccc3)CCC2)n[nH]1. The predicted octanol–water partition coefficient (Wildman–Crippen LogP) is 3.42. The fourth-order valence-electron chi connectivity index (χ4n) is 2.99. The van der Waals surface area contributed by atoms with Crippen LogP contribution >= 0.6 is 0 Å². The van der Waals surface area contributed by atoms with Crippen molar-refractivity contribution in [1.82, 2.24) is 10.2 Å². The Morgan fingerprint density at radius 1 is 1.33 bits per heavy atom. The van der Waals surface area contributed by atoms with Gasteiger partial charge in [0.15, 0.2) is 5.82 Å². The largest absolute Gasteiger partial charge is 0.308 e. The van der Waals surface area contributed by atoms with Crippen molar-refractivity contribution in [3.8, 4) is 0 Å². The van der Waals surface area contributed by atoms with Crippen LogP contribution in [0.1, 0.15) is 43.9 Å². The summed E-state index contributed by atoms with van der Waals surface area (Å²) in [5, 5.41) is 10.1. The van der Waals surface area contributed by atoms with Crippen molar-refractivity contribution in [3.63, 3.8) is 0 Å². The number of anilines is 1. The lowest BCUT2D eigenvalue weighted by atomic mass is 9.64. The van der Waals surface area contributed by atoms with E-state index < -0.39 is 0 Å². The van der Waals surface area contributed by atoms with E-state index in [-0.39, 0.29) is 11.3 Å². The van der Waals surface area contributed by atoms with Crippen molar-refractivity contribution in [2.75, 3.05) is 5.32 Å². The number of rotatable bonds is 5. The monoisotopic (exact) mass is 283 g/mol. The predicted molar refractivity (Wildman–Crippen MR) is 83.2 cm³/mol. The highest BCUT2D eigenvalue weighted by molar-refractivity contribution is 5.99. The fourth-order valence-corrected chi connectivity index (χ4v) is 2.99. The lowest BCUT2D eigenvalue weighted by Gasteiger charge is -2.40. The summed E-state index contributed by atoms with van der Waals surface area (Å²) in [6.45, 7) is 2.12. The summed E-state index contributed by atoms with van der Waals surface area (Å²) in [6.07, 6.45) is 4.93. The molecule has 0 aliphatic heterocycles. The number of hydrogen-bond donors (Lipinski definition) is 2. The van der Waals surface area contributed by atoms with Crippen LogP contribution in [0.4, 0.5) is 5.82 Å². The third kappa shape index (κ3) is 2.58. The molecule has 1 saturated carbocycles. The summed E-state index contributed by atoms with van der Waals surface area (Å²) in [5.74, 6) is 0.695. The van der Waals surface area contributed by atoms with Gasteiger partial charge in [-0.05, 0) is 24.8 Å². The summed E-state index contributed by atoms with van der Waals surface area (Å²) in [5.41, 5.74) is 1.80. The molecule has 21 heavy (non-hydrogen) atoms. The Labute approximate surface area is 125 Å². The van der Waals surface area contributed by atoms with E-state index in [1.54, 1.807) is 0 Å². The molecule has 1 heterocycles. The van der Waals surface area contributed by atoms with Gasteiger partial charge in [0.2, 0.25) is 5.91 Å². The fraction of sp³-hybridized carbons (Fsp3) is 0.412. The van der Waals surface area contributed by atoms with E-state index in [0.717, 1.165) is 43.4 Å². The van der Waals surface area contributed by atoms with Gasteiger partial charge >= 0.3 is 0 Å². The van der Waals surface area contributed by atoms with Crippen LogP contribution in [0.3, 0.4) is 0 Å². The van der Waals surface area contributed by atoms with Gasteiger partial charge in [-0.2, -0.15) is 5.10 Å². The third-order valence-electron chi connectivity index (χ3n) is 4.36. The molecular formula is C17H21N3O. The van der Waals surface area contributed by atoms with Gasteiger partial charge in [0.25, 0.3) is 0 Å². The molecule has 0 atom stereocenters. The Hall–Kier alpha value is -2.10. The van der Waals surface area contributed by atoms with Gasteiger partial charge in [0, 0.05) is 11.8 Å². The zero-order chi connectivity index (χ0) is 14.7. The lowest BCUT2D eigenvalue weighted by molar-refractivity contribution is -0.124. The van der Waals surface area contributed by atoms with Crippen LogP contribution in [0.15, 0.2) is 36.4 Å². The van der Waals surface area contributed by atoms with Crippen molar-refractivity contribution in [3.05, 3.63) is 47.7 Å². The first kappa shape index (κ1) is 13.9. The average Bonchev–Trinajstić information content (AvgIpc) is 2.86. The molecule has 4 heteroatoms. The minimum absolute atomic E-state index is 0.0644. The van der Waals surface area contributed by atoms with Crippen molar-refractivity contribution < 1.29 is 4.79 Å². The standard InChI is InChI=1S/C17H21N3O/c1-2-7-14-12-15(20-19-14)18-16(21)17(10-6-11-17)13-8-4-3-5-9-13/h3-5,8-9,12H,2,6-7,10-11H2,1H3,(H2,18,19,20,21). The van der Waals surface area contributed by atoms with Gasteiger partial charge in [-0.15, -0.1) is 0 Å². The van der Waals surface area contributed by atoms with E-state index >= 15 is 0 Å². The molecule has 1 aromatic carbocycles. The lowest BCUT2D eigenvalue weighted by Crippen LogP contribution is -2.46. The second-order valence-electron chi connectivity index (χ2n) is 5.78. The van der Waals surface area contributed by atoms with Gasteiger partial charge in [0.1, 0.15) is 0 Å². The summed E-state index contributed by atoms with van der Waals surface area (Å²) in [7, 11) is 0. The molecule has 1 fully saturated rings. The second-order valence-corrected chi connectivity index (χ2v) is 5.78. The van der Waals surface area contributed by atoms with Crippen LogP contribution in [0.25, 0.3) is 0 Å². The second kappa shape index (κ2) is 5.72. The van der Waals surface area contributed by atoms with Gasteiger partial charge in [-0.25, -0.2) is 0 Å².